The van der Waals surface area contributed by atoms with Gasteiger partial charge in [0, 0.05) is 23.1 Å². The van der Waals surface area contributed by atoms with Crippen molar-refractivity contribution in [3.8, 4) is 11.3 Å². The molecule has 1 aromatic carbocycles. The number of aromatic nitrogens is 1. The first-order valence-electron chi connectivity index (χ1n) is 6.90. The molecule has 7 heteroatoms. The predicted molar refractivity (Wildman–Crippen MR) is 80.0 cm³/mol. The molecule has 1 aliphatic heterocycles. The number of hydrogen-bond donors (Lipinski definition) is 2. The quantitative estimate of drug-likeness (QED) is 0.901. The average Bonchev–Trinajstić information content (AvgIpc) is 3.15. The molecule has 22 heavy (non-hydrogen) atoms. The Hall–Kier alpha value is -2.34. The molecule has 0 bridgehead atoms. The number of nitrogens with one attached hydrogen (secondary N) is 2. The number of hydrogen-bond acceptors (Lipinski definition) is 4. The van der Waals surface area contributed by atoms with Crippen molar-refractivity contribution < 1.29 is 14.1 Å². The summed E-state index contributed by atoms with van der Waals surface area (Å²) < 4.78 is 5.25. The minimum absolute atomic E-state index is 0.0911. The van der Waals surface area contributed by atoms with E-state index < -0.39 is 6.04 Å². The van der Waals surface area contributed by atoms with Crippen LogP contribution in [0.3, 0.4) is 0 Å². The summed E-state index contributed by atoms with van der Waals surface area (Å²) in [6, 6.07) is 8.51. The van der Waals surface area contributed by atoms with Gasteiger partial charge in [-0.2, -0.15) is 0 Å². The van der Waals surface area contributed by atoms with Gasteiger partial charge < -0.3 is 15.2 Å². The number of carbonyl (C=O) groups is 2. The third kappa shape index (κ3) is 3.28. The second-order valence-corrected chi connectivity index (χ2v) is 5.50. The highest BCUT2D eigenvalue weighted by Crippen LogP contribution is 2.22. The van der Waals surface area contributed by atoms with Crippen molar-refractivity contribution >= 4 is 23.4 Å². The molecule has 0 saturated carbocycles. The van der Waals surface area contributed by atoms with Gasteiger partial charge in [0.1, 0.15) is 11.7 Å². The van der Waals surface area contributed by atoms with Crippen molar-refractivity contribution in [2.45, 2.75) is 25.4 Å². The van der Waals surface area contributed by atoms with Crippen LogP contribution in [0.1, 0.15) is 18.5 Å². The summed E-state index contributed by atoms with van der Waals surface area (Å²) in [5.41, 5.74) is 1.47. The maximum atomic E-state index is 11.9. The Kier molecular flexibility index (Phi) is 4.11. The van der Waals surface area contributed by atoms with Crippen LogP contribution in [-0.2, 0) is 16.1 Å². The summed E-state index contributed by atoms with van der Waals surface area (Å²) in [5, 5.41) is 9.92. The molecule has 114 valence electrons. The number of nitrogens with zero attached hydrogens (tertiary/aromatic N) is 1. The van der Waals surface area contributed by atoms with Gasteiger partial charge in [0.15, 0.2) is 5.76 Å². The monoisotopic (exact) mass is 319 g/mol. The summed E-state index contributed by atoms with van der Waals surface area (Å²) in [7, 11) is 0. The summed E-state index contributed by atoms with van der Waals surface area (Å²) >= 11 is 5.84. The third-order valence-corrected chi connectivity index (χ3v) is 3.70. The van der Waals surface area contributed by atoms with Crippen LogP contribution in [0, 0.1) is 0 Å². The zero-order valence-corrected chi connectivity index (χ0v) is 12.4. The Morgan fingerprint density at radius 3 is 2.86 bits per heavy atom. The van der Waals surface area contributed by atoms with Crippen molar-refractivity contribution in [2.24, 2.45) is 0 Å². The van der Waals surface area contributed by atoms with Crippen LogP contribution in [0.4, 0.5) is 0 Å². The lowest BCUT2D eigenvalue weighted by molar-refractivity contribution is -0.125. The van der Waals surface area contributed by atoms with Gasteiger partial charge in [0.25, 0.3) is 0 Å². The Bertz CT molecular complexity index is 696. The number of amides is 2. The Morgan fingerprint density at radius 1 is 1.41 bits per heavy atom. The van der Waals surface area contributed by atoms with Crippen LogP contribution < -0.4 is 10.6 Å². The van der Waals surface area contributed by atoms with Gasteiger partial charge in [0.2, 0.25) is 11.8 Å². The lowest BCUT2D eigenvalue weighted by Crippen LogP contribution is -2.41. The van der Waals surface area contributed by atoms with E-state index in [-0.39, 0.29) is 18.4 Å². The lowest BCUT2D eigenvalue weighted by Gasteiger charge is -2.09. The van der Waals surface area contributed by atoms with Gasteiger partial charge in [0.05, 0.1) is 6.54 Å². The van der Waals surface area contributed by atoms with Gasteiger partial charge in [-0.1, -0.05) is 16.8 Å². The molecule has 0 aliphatic carbocycles. The van der Waals surface area contributed by atoms with Crippen LogP contribution in [0.5, 0.6) is 0 Å². The van der Waals surface area contributed by atoms with Crippen molar-refractivity contribution in [3.63, 3.8) is 0 Å². The molecular weight excluding hydrogens is 306 g/mol. The van der Waals surface area contributed by atoms with E-state index in [1.807, 2.05) is 12.1 Å². The highest BCUT2D eigenvalue weighted by Gasteiger charge is 2.26. The molecule has 1 atom stereocenters. The highest BCUT2D eigenvalue weighted by atomic mass is 35.5. The van der Waals surface area contributed by atoms with E-state index in [1.54, 1.807) is 18.2 Å². The van der Waals surface area contributed by atoms with Crippen LogP contribution in [-0.4, -0.2) is 23.0 Å². The maximum absolute atomic E-state index is 11.9. The Balaban J connectivity index is 1.59. The van der Waals surface area contributed by atoms with Crippen molar-refractivity contribution in [3.05, 3.63) is 41.0 Å². The fraction of sp³-hybridized carbons (Fsp3) is 0.267. The van der Waals surface area contributed by atoms with E-state index in [4.69, 9.17) is 16.1 Å². The molecule has 0 spiro atoms. The molecule has 3 rings (SSSR count). The molecule has 1 fully saturated rings. The second-order valence-electron chi connectivity index (χ2n) is 5.07. The van der Waals surface area contributed by atoms with Crippen molar-refractivity contribution in [1.82, 2.24) is 15.8 Å². The van der Waals surface area contributed by atoms with Gasteiger partial charge >= 0.3 is 0 Å². The molecule has 0 radical (unpaired) electrons. The van der Waals surface area contributed by atoms with Gasteiger partial charge in [-0.3, -0.25) is 9.59 Å². The van der Waals surface area contributed by atoms with E-state index in [9.17, 15) is 9.59 Å². The molecular formula is C15H14ClN3O3. The van der Waals surface area contributed by atoms with Gasteiger partial charge in [-0.15, -0.1) is 0 Å². The highest BCUT2D eigenvalue weighted by molar-refractivity contribution is 6.30. The maximum Gasteiger partial charge on any atom is 0.242 e. The van der Waals surface area contributed by atoms with Crippen LogP contribution >= 0.6 is 11.6 Å². The largest absolute Gasteiger partial charge is 0.356 e. The molecule has 1 aromatic heterocycles. The number of halogens is 1. The molecule has 1 unspecified atom stereocenters. The first kappa shape index (κ1) is 14.6. The fourth-order valence-electron chi connectivity index (χ4n) is 2.26. The minimum atomic E-state index is -0.449. The van der Waals surface area contributed by atoms with Gasteiger partial charge in [-0.25, -0.2) is 0 Å². The van der Waals surface area contributed by atoms with E-state index in [0.717, 1.165) is 5.56 Å². The fourth-order valence-corrected chi connectivity index (χ4v) is 2.38. The SMILES string of the molecule is O=C1CCC(C(=O)NCc2cc(-c3ccc(Cl)cc3)on2)N1. The standard InChI is InChI=1S/C15H14ClN3O3/c16-10-3-1-9(2-4-10)13-7-11(19-22-13)8-17-15(21)12-5-6-14(20)18-12/h1-4,7,12H,5-6,8H2,(H,17,21)(H,18,20). The van der Waals surface area contributed by atoms with Crippen LogP contribution in [0.25, 0.3) is 11.3 Å². The zero-order valence-electron chi connectivity index (χ0n) is 11.6. The molecule has 2 N–H and O–H groups in total. The van der Waals surface area contributed by atoms with Crippen molar-refractivity contribution in [1.29, 1.82) is 0 Å². The average molecular weight is 320 g/mol. The van der Waals surface area contributed by atoms with E-state index in [1.165, 1.54) is 0 Å². The first-order chi connectivity index (χ1) is 10.6. The second kappa shape index (κ2) is 6.19. The van der Waals surface area contributed by atoms with Crippen LogP contribution in [0.15, 0.2) is 34.9 Å². The normalized spacial score (nSPS) is 17.3. The summed E-state index contributed by atoms with van der Waals surface area (Å²) in [6.07, 6.45) is 0.919. The molecule has 6 nitrogen and oxygen atoms in total. The summed E-state index contributed by atoms with van der Waals surface area (Å²) in [6.45, 7) is 0.252. The first-order valence-corrected chi connectivity index (χ1v) is 7.28. The molecule has 1 saturated heterocycles. The zero-order chi connectivity index (χ0) is 15.5. The Labute approximate surface area is 131 Å². The molecule has 2 aromatic rings. The Morgan fingerprint density at radius 2 is 2.18 bits per heavy atom. The van der Waals surface area contributed by atoms with E-state index in [2.05, 4.69) is 15.8 Å². The molecule has 2 heterocycles. The lowest BCUT2D eigenvalue weighted by atomic mass is 10.1. The number of carbonyl (C=O) groups excluding carboxylic acids is 2. The predicted octanol–water partition coefficient (Wildman–Crippen LogP) is 1.89. The number of rotatable bonds is 4. The summed E-state index contributed by atoms with van der Waals surface area (Å²) in [4.78, 5) is 23.0. The molecule has 1 aliphatic rings. The third-order valence-electron chi connectivity index (χ3n) is 3.44. The van der Waals surface area contributed by atoms with Crippen molar-refractivity contribution in [2.75, 3.05) is 0 Å². The summed E-state index contributed by atoms with van der Waals surface area (Å²) in [5.74, 6) is 0.309. The topological polar surface area (TPSA) is 84.2 Å². The van der Waals surface area contributed by atoms with Gasteiger partial charge in [-0.05, 0) is 30.7 Å². The van der Waals surface area contributed by atoms with E-state index >= 15 is 0 Å². The smallest absolute Gasteiger partial charge is 0.242 e. The number of benzene rings is 1. The molecule has 2 amide bonds. The van der Waals surface area contributed by atoms with Crippen LogP contribution in [0.2, 0.25) is 5.02 Å². The minimum Gasteiger partial charge on any atom is -0.356 e. The van der Waals surface area contributed by atoms with E-state index in [0.29, 0.717) is 29.3 Å².